The molecule has 23 heavy (non-hydrogen) atoms. The van der Waals surface area contributed by atoms with Crippen LogP contribution in [0.1, 0.15) is 50.2 Å². The van der Waals surface area contributed by atoms with Gasteiger partial charge in [0.05, 0.1) is 17.9 Å². The minimum absolute atomic E-state index is 0.362. The van der Waals surface area contributed by atoms with Gasteiger partial charge in [-0.15, -0.1) is 0 Å². The van der Waals surface area contributed by atoms with Crippen LogP contribution in [0.15, 0.2) is 24.3 Å². The molecule has 0 N–H and O–H groups in total. The third-order valence-corrected chi connectivity index (χ3v) is 4.04. The molecule has 0 saturated carbocycles. The van der Waals surface area contributed by atoms with E-state index in [9.17, 15) is 10.1 Å². The average molecular weight is 312 g/mol. The number of hydrogen-bond acceptors (Lipinski definition) is 4. The smallest absolute Gasteiger partial charge is 0.330 e. The van der Waals surface area contributed by atoms with Crippen LogP contribution in [0.25, 0.3) is 6.08 Å². The van der Waals surface area contributed by atoms with Gasteiger partial charge in [0.15, 0.2) is 0 Å². The number of ether oxygens (including phenoxy) is 1. The van der Waals surface area contributed by atoms with Gasteiger partial charge < -0.3 is 9.64 Å². The van der Waals surface area contributed by atoms with Gasteiger partial charge in [-0.2, -0.15) is 5.26 Å². The van der Waals surface area contributed by atoms with Crippen molar-refractivity contribution in [2.45, 2.75) is 39.0 Å². The van der Waals surface area contributed by atoms with E-state index in [1.807, 2.05) is 18.2 Å². The van der Waals surface area contributed by atoms with Crippen LogP contribution >= 0.6 is 0 Å². The van der Waals surface area contributed by atoms with Crippen LogP contribution in [-0.2, 0) is 9.53 Å². The summed E-state index contributed by atoms with van der Waals surface area (Å²) in [4.78, 5) is 13.7. The van der Waals surface area contributed by atoms with Gasteiger partial charge in [-0.3, -0.25) is 0 Å². The maximum absolute atomic E-state index is 11.4. The van der Waals surface area contributed by atoms with Crippen molar-refractivity contribution in [3.63, 3.8) is 0 Å². The van der Waals surface area contributed by atoms with E-state index in [1.54, 1.807) is 13.0 Å². The van der Waals surface area contributed by atoms with E-state index in [0.717, 1.165) is 24.3 Å². The Morgan fingerprint density at radius 3 is 2.61 bits per heavy atom. The summed E-state index contributed by atoms with van der Waals surface area (Å²) in [6.07, 6.45) is 9.28. The lowest BCUT2D eigenvalue weighted by Crippen LogP contribution is -2.27. The van der Waals surface area contributed by atoms with Gasteiger partial charge in [-0.05, 0) is 43.5 Å². The highest BCUT2D eigenvalue weighted by Gasteiger charge is 2.13. The first-order chi connectivity index (χ1) is 11.2. The standard InChI is InChI=1S/C19H24N2O2/c1-2-23-19(22)11-9-16-8-10-18(17(14-16)15-20)21-12-6-4-3-5-7-13-21/h8-11,14H,2-7,12-13H2,1H3/b11-9+. The van der Waals surface area contributed by atoms with Gasteiger partial charge in [0.1, 0.15) is 6.07 Å². The molecule has 0 bridgehead atoms. The monoisotopic (exact) mass is 312 g/mol. The number of hydrogen-bond donors (Lipinski definition) is 0. The van der Waals surface area contributed by atoms with Gasteiger partial charge in [0, 0.05) is 19.2 Å². The molecular weight excluding hydrogens is 288 g/mol. The van der Waals surface area contributed by atoms with Gasteiger partial charge in [0.25, 0.3) is 0 Å². The summed E-state index contributed by atoms with van der Waals surface area (Å²) in [5.41, 5.74) is 2.50. The van der Waals surface area contributed by atoms with Crippen molar-refractivity contribution < 1.29 is 9.53 Å². The topological polar surface area (TPSA) is 53.3 Å². The van der Waals surface area contributed by atoms with E-state index in [2.05, 4.69) is 11.0 Å². The number of rotatable bonds is 4. The quantitative estimate of drug-likeness (QED) is 0.625. The summed E-state index contributed by atoms with van der Waals surface area (Å²) in [6, 6.07) is 8.07. The van der Waals surface area contributed by atoms with Gasteiger partial charge in [-0.1, -0.05) is 25.3 Å². The number of nitriles is 1. The summed E-state index contributed by atoms with van der Waals surface area (Å²) >= 11 is 0. The van der Waals surface area contributed by atoms with Crippen molar-refractivity contribution in [3.05, 3.63) is 35.4 Å². The third-order valence-electron chi connectivity index (χ3n) is 4.04. The molecule has 0 aromatic heterocycles. The van der Waals surface area contributed by atoms with Gasteiger partial charge >= 0.3 is 5.97 Å². The van der Waals surface area contributed by atoms with Crippen molar-refractivity contribution in [2.75, 3.05) is 24.6 Å². The summed E-state index contributed by atoms with van der Waals surface area (Å²) in [7, 11) is 0. The fraction of sp³-hybridized carbons (Fsp3) is 0.474. The number of carbonyl (C=O) groups is 1. The SMILES string of the molecule is CCOC(=O)/C=C/c1ccc(N2CCCCCCC2)c(C#N)c1. The molecule has 0 atom stereocenters. The van der Waals surface area contributed by atoms with Crippen LogP contribution in [0.3, 0.4) is 0 Å². The maximum Gasteiger partial charge on any atom is 0.330 e. The molecule has 0 aliphatic carbocycles. The summed E-state index contributed by atoms with van der Waals surface area (Å²) in [5.74, 6) is -0.362. The molecular formula is C19H24N2O2. The summed E-state index contributed by atoms with van der Waals surface area (Å²) in [6.45, 7) is 4.15. The first-order valence-electron chi connectivity index (χ1n) is 8.38. The zero-order chi connectivity index (χ0) is 16.5. The number of benzene rings is 1. The Kier molecular flexibility index (Phi) is 6.68. The van der Waals surface area contributed by atoms with Crippen LogP contribution < -0.4 is 4.90 Å². The van der Waals surface area contributed by atoms with E-state index in [4.69, 9.17) is 4.74 Å². The Bertz CT molecular complexity index is 594. The number of nitrogens with zero attached hydrogens (tertiary/aromatic N) is 2. The maximum atomic E-state index is 11.4. The molecule has 1 aliphatic rings. The minimum atomic E-state index is -0.362. The van der Waals surface area contributed by atoms with E-state index in [0.29, 0.717) is 12.2 Å². The minimum Gasteiger partial charge on any atom is -0.463 e. The largest absolute Gasteiger partial charge is 0.463 e. The molecule has 122 valence electrons. The normalized spacial score (nSPS) is 15.7. The lowest BCUT2D eigenvalue weighted by molar-refractivity contribution is -0.137. The third kappa shape index (κ3) is 5.14. The molecule has 0 spiro atoms. The lowest BCUT2D eigenvalue weighted by Gasteiger charge is -2.27. The predicted octanol–water partition coefficient (Wildman–Crippen LogP) is 3.91. The number of esters is 1. The van der Waals surface area contributed by atoms with E-state index in [-0.39, 0.29) is 5.97 Å². The molecule has 1 aliphatic heterocycles. The fourth-order valence-electron chi connectivity index (χ4n) is 2.87. The molecule has 0 radical (unpaired) electrons. The van der Waals surface area contributed by atoms with Crippen LogP contribution in [0.4, 0.5) is 5.69 Å². The Labute approximate surface area is 138 Å². The highest BCUT2D eigenvalue weighted by molar-refractivity contribution is 5.87. The highest BCUT2D eigenvalue weighted by atomic mass is 16.5. The Morgan fingerprint density at radius 1 is 1.26 bits per heavy atom. The summed E-state index contributed by atoms with van der Waals surface area (Å²) < 4.78 is 4.87. The number of carbonyl (C=O) groups excluding carboxylic acids is 1. The van der Waals surface area contributed by atoms with Crippen molar-refractivity contribution >= 4 is 17.7 Å². The van der Waals surface area contributed by atoms with Crippen molar-refractivity contribution in [1.82, 2.24) is 0 Å². The van der Waals surface area contributed by atoms with E-state index < -0.39 is 0 Å². The highest BCUT2D eigenvalue weighted by Crippen LogP contribution is 2.24. The molecule has 4 heteroatoms. The Hall–Kier alpha value is -2.28. The predicted molar refractivity (Wildman–Crippen MR) is 92.1 cm³/mol. The average Bonchev–Trinajstić information content (AvgIpc) is 2.53. The zero-order valence-corrected chi connectivity index (χ0v) is 13.8. The second kappa shape index (κ2) is 8.99. The number of anilines is 1. The van der Waals surface area contributed by atoms with Crippen molar-refractivity contribution in [2.24, 2.45) is 0 Å². The van der Waals surface area contributed by atoms with Crippen LogP contribution in [0.5, 0.6) is 0 Å². The first-order valence-corrected chi connectivity index (χ1v) is 8.38. The van der Waals surface area contributed by atoms with Crippen LogP contribution in [0, 0.1) is 11.3 Å². The lowest BCUT2D eigenvalue weighted by atomic mass is 10.0. The molecule has 1 fully saturated rings. The molecule has 1 aromatic rings. The van der Waals surface area contributed by atoms with Crippen molar-refractivity contribution in [1.29, 1.82) is 5.26 Å². The van der Waals surface area contributed by atoms with E-state index in [1.165, 1.54) is 38.2 Å². The zero-order valence-electron chi connectivity index (χ0n) is 13.8. The van der Waals surface area contributed by atoms with E-state index >= 15 is 0 Å². The molecule has 1 saturated heterocycles. The van der Waals surface area contributed by atoms with Crippen LogP contribution in [0.2, 0.25) is 0 Å². The van der Waals surface area contributed by atoms with Gasteiger partial charge in [-0.25, -0.2) is 4.79 Å². The Morgan fingerprint density at radius 2 is 1.96 bits per heavy atom. The molecule has 0 unspecified atom stereocenters. The van der Waals surface area contributed by atoms with Crippen LogP contribution in [-0.4, -0.2) is 25.7 Å². The second-order valence-electron chi connectivity index (χ2n) is 5.73. The fourth-order valence-corrected chi connectivity index (χ4v) is 2.87. The summed E-state index contributed by atoms with van der Waals surface area (Å²) in [5, 5.41) is 9.47. The second-order valence-corrected chi connectivity index (χ2v) is 5.73. The van der Waals surface area contributed by atoms with Gasteiger partial charge in [0.2, 0.25) is 0 Å². The molecule has 4 nitrogen and oxygen atoms in total. The van der Waals surface area contributed by atoms with Crippen molar-refractivity contribution in [3.8, 4) is 6.07 Å². The first kappa shape index (κ1) is 17.1. The molecule has 1 heterocycles. The molecule has 2 rings (SSSR count). The molecule has 0 amide bonds. The Balaban J connectivity index is 2.15. The molecule has 1 aromatic carbocycles.